The highest BCUT2D eigenvalue weighted by molar-refractivity contribution is 7.89. The van der Waals surface area contributed by atoms with Crippen LogP contribution in [0.1, 0.15) is 11.1 Å². The van der Waals surface area contributed by atoms with Gasteiger partial charge in [-0.3, -0.25) is 9.48 Å². The number of aliphatic carboxylic acids is 1. The van der Waals surface area contributed by atoms with E-state index in [0.717, 1.165) is 5.56 Å². The Hall–Kier alpha value is -2.19. The molecule has 118 valence electrons. The SMILES string of the molecule is Cc1cnn(C)c1S(=O)(=O)N[C@@H](Cc1ccccc1)C(=O)O. The lowest BCUT2D eigenvalue weighted by Gasteiger charge is -2.15. The van der Waals surface area contributed by atoms with Gasteiger partial charge >= 0.3 is 5.97 Å². The van der Waals surface area contributed by atoms with Gasteiger partial charge in [-0.15, -0.1) is 0 Å². The maximum atomic E-state index is 12.4. The average Bonchev–Trinajstić information content (AvgIpc) is 2.79. The summed E-state index contributed by atoms with van der Waals surface area (Å²) in [5.74, 6) is -1.23. The summed E-state index contributed by atoms with van der Waals surface area (Å²) in [5.41, 5.74) is 1.19. The number of hydrogen-bond acceptors (Lipinski definition) is 4. The quantitative estimate of drug-likeness (QED) is 0.815. The van der Waals surface area contributed by atoms with Gasteiger partial charge < -0.3 is 5.11 Å². The number of sulfonamides is 1. The van der Waals surface area contributed by atoms with E-state index < -0.39 is 22.0 Å². The van der Waals surface area contributed by atoms with Gasteiger partial charge in [0.05, 0.1) is 6.20 Å². The highest BCUT2D eigenvalue weighted by atomic mass is 32.2. The van der Waals surface area contributed by atoms with Crippen LogP contribution in [-0.4, -0.2) is 35.3 Å². The number of carboxylic acid groups (broad SMARTS) is 1. The average molecular weight is 323 g/mol. The number of nitrogens with one attached hydrogen (secondary N) is 1. The first-order chi connectivity index (χ1) is 10.3. The van der Waals surface area contributed by atoms with Gasteiger partial charge in [-0.05, 0) is 18.9 Å². The molecule has 1 aromatic heterocycles. The molecule has 2 aromatic rings. The summed E-state index contributed by atoms with van der Waals surface area (Å²) in [5, 5.41) is 13.1. The minimum atomic E-state index is -3.97. The predicted octanol–water partition coefficient (Wildman–Crippen LogP) is 0.703. The summed E-state index contributed by atoms with van der Waals surface area (Å²) in [7, 11) is -2.48. The van der Waals surface area contributed by atoms with E-state index in [1.165, 1.54) is 17.9 Å². The monoisotopic (exact) mass is 323 g/mol. The molecule has 1 atom stereocenters. The Kier molecular flexibility index (Phi) is 4.62. The van der Waals surface area contributed by atoms with Gasteiger partial charge in [0.25, 0.3) is 10.0 Å². The minimum absolute atomic E-state index is 0.0354. The standard InChI is InChI=1S/C14H17N3O4S/c1-10-9-15-17(2)13(10)22(20,21)16-12(14(18)19)8-11-6-4-3-5-7-11/h3-7,9,12,16H,8H2,1-2H3,(H,18,19)/t12-/m0/s1. The number of carboxylic acids is 1. The van der Waals surface area contributed by atoms with E-state index in [1.54, 1.807) is 31.2 Å². The van der Waals surface area contributed by atoms with Crippen molar-refractivity contribution in [3.8, 4) is 0 Å². The smallest absolute Gasteiger partial charge is 0.322 e. The molecular weight excluding hydrogens is 306 g/mol. The molecule has 0 radical (unpaired) electrons. The van der Waals surface area contributed by atoms with Crippen LogP contribution in [0.3, 0.4) is 0 Å². The maximum absolute atomic E-state index is 12.4. The first-order valence-corrected chi connectivity index (χ1v) is 8.07. The van der Waals surface area contributed by atoms with Crippen molar-refractivity contribution in [3.05, 3.63) is 47.7 Å². The summed E-state index contributed by atoms with van der Waals surface area (Å²) in [6.07, 6.45) is 1.48. The van der Waals surface area contributed by atoms with Crippen LogP contribution in [0.5, 0.6) is 0 Å². The topological polar surface area (TPSA) is 101 Å². The molecule has 2 N–H and O–H groups in total. The molecule has 2 rings (SSSR count). The second-order valence-electron chi connectivity index (χ2n) is 4.96. The van der Waals surface area contributed by atoms with Crippen molar-refractivity contribution < 1.29 is 18.3 Å². The normalized spacial score (nSPS) is 13.0. The van der Waals surface area contributed by atoms with E-state index in [9.17, 15) is 18.3 Å². The minimum Gasteiger partial charge on any atom is -0.480 e. The lowest BCUT2D eigenvalue weighted by molar-refractivity contribution is -0.138. The summed E-state index contributed by atoms with van der Waals surface area (Å²) >= 11 is 0. The van der Waals surface area contributed by atoms with Crippen LogP contribution in [-0.2, 0) is 28.3 Å². The molecule has 22 heavy (non-hydrogen) atoms. The van der Waals surface area contributed by atoms with Crippen molar-refractivity contribution in [1.29, 1.82) is 0 Å². The fraction of sp³-hybridized carbons (Fsp3) is 0.286. The van der Waals surface area contributed by atoms with Gasteiger partial charge in [-0.1, -0.05) is 30.3 Å². The highest BCUT2D eigenvalue weighted by Gasteiger charge is 2.28. The molecule has 0 fully saturated rings. The second kappa shape index (κ2) is 6.29. The Bertz CT molecular complexity index is 749. The van der Waals surface area contributed by atoms with Crippen molar-refractivity contribution in [3.63, 3.8) is 0 Å². The Morgan fingerprint density at radius 2 is 2.00 bits per heavy atom. The molecule has 0 aliphatic carbocycles. The molecular formula is C14H17N3O4S. The number of carbonyl (C=O) groups is 1. The third-order valence-electron chi connectivity index (χ3n) is 3.19. The molecule has 0 spiro atoms. The first kappa shape index (κ1) is 16.2. The van der Waals surface area contributed by atoms with Crippen LogP contribution in [0.15, 0.2) is 41.6 Å². The zero-order chi connectivity index (χ0) is 16.3. The van der Waals surface area contributed by atoms with Crippen molar-refractivity contribution in [2.45, 2.75) is 24.4 Å². The van der Waals surface area contributed by atoms with Crippen molar-refractivity contribution in [2.24, 2.45) is 7.05 Å². The summed E-state index contributed by atoms with van der Waals surface area (Å²) < 4.78 is 28.3. The van der Waals surface area contributed by atoms with Gasteiger partial charge in [-0.25, -0.2) is 8.42 Å². The van der Waals surface area contributed by atoms with Crippen molar-refractivity contribution in [1.82, 2.24) is 14.5 Å². The summed E-state index contributed by atoms with van der Waals surface area (Å²) in [6, 6.07) is 7.60. The van der Waals surface area contributed by atoms with Gasteiger partial charge in [0.2, 0.25) is 0 Å². The largest absolute Gasteiger partial charge is 0.480 e. The van der Waals surface area contributed by atoms with Crippen molar-refractivity contribution >= 4 is 16.0 Å². The van der Waals surface area contributed by atoms with Gasteiger partial charge in [0, 0.05) is 12.6 Å². The molecule has 0 aliphatic rings. The molecule has 8 heteroatoms. The van der Waals surface area contributed by atoms with Crippen LogP contribution in [0, 0.1) is 6.92 Å². The highest BCUT2D eigenvalue weighted by Crippen LogP contribution is 2.14. The summed E-state index contributed by atoms with van der Waals surface area (Å²) in [4.78, 5) is 11.4. The molecule has 0 saturated heterocycles. The van der Waals surface area contributed by atoms with Crippen LogP contribution in [0.25, 0.3) is 0 Å². The third kappa shape index (κ3) is 3.52. The van der Waals surface area contributed by atoms with E-state index in [1.807, 2.05) is 6.07 Å². The van der Waals surface area contributed by atoms with Gasteiger partial charge in [-0.2, -0.15) is 9.82 Å². The Morgan fingerprint density at radius 1 is 1.36 bits per heavy atom. The van der Waals surface area contributed by atoms with E-state index >= 15 is 0 Å². The molecule has 0 bridgehead atoms. The van der Waals surface area contributed by atoms with Crippen LogP contribution in [0.4, 0.5) is 0 Å². The van der Waals surface area contributed by atoms with Crippen molar-refractivity contribution in [2.75, 3.05) is 0 Å². The lowest BCUT2D eigenvalue weighted by Crippen LogP contribution is -2.43. The number of benzene rings is 1. The number of hydrogen-bond donors (Lipinski definition) is 2. The predicted molar refractivity (Wildman–Crippen MR) is 79.8 cm³/mol. The molecule has 7 nitrogen and oxygen atoms in total. The Labute approximate surface area is 128 Å². The van der Waals surface area contributed by atoms with Crippen LogP contribution < -0.4 is 4.72 Å². The van der Waals surface area contributed by atoms with E-state index in [0.29, 0.717) is 5.56 Å². The third-order valence-corrected chi connectivity index (χ3v) is 4.88. The van der Waals surface area contributed by atoms with Crippen LogP contribution in [0.2, 0.25) is 0 Å². The zero-order valence-corrected chi connectivity index (χ0v) is 13.0. The lowest BCUT2D eigenvalue weighted by atomic mass is 10.1. The molecule has 0 saturated carbocycles. The second-order valence-corrected chi connectivity index (χ2v) is 6.59. The number of rotatable bonds is 6. The van der Waals surface area contributed by atoms with E-state index in [4.69, 9.17) is 0 Å². The molecule has 1 aromatic carbocycles. The van der Waals surface area contributed by atoms with E-state index in [2.05, 4.69) is 9.82 Å². The number of aromatic nitrogens is 2. The van der Waals surface area contributed by atoms with Gasteiger partial charge in [0.1, 0.15) is 6.04 Å². The fourth-order valence-corrected chi connectivity index (χ4v) is 3.74. The maximum Gasteiger partial charge on any atom is 0.322 e. The number of aryl methyl sites for hydroxylation is 2. The first-order valence-electron chi connectivity index (χ1n) is 6.59. The molecule has 0 unspecified atom stereocenters. The molecule has 0 amide bonds. The summed E-state index contributed by atoms with van der Waals surface area (Å²) in [6.45, 7) is 1.61. The molecule has 1 heterocycles. The fourth-order valence-electron chi connectivity index (χ4n) is 2.19. The number of nitrogens with zero attached hydrogens (tertiary/aromatic N) is 2. The molecule has 0 aliphatic heterocycles. The zero-order valence-electron chi connectivity index (χ0n) is 12.2. The van der Waals surface area contributed by atoms with Crippen LogP contribution >= 0.6 is 0 Å². The van der Waals surface area contributed by atoms with Gasteiger partial charge in [0.15, 0.2) is 5.03 Å². The Morgan fingerprint density at radius 3 is 2.50 bits per heavy atom. The van der Waals surface area contributed by atoms with E-state index in [-0.39, 0.29) is 11.4 Å². The Balaban J connectivity index is 2.26.